The molecule has 28 heavy (non-hydrogen) atoms. The van der Waals surface area contributed by atoms with Crippen molar-refractivity contribution in [3.8, 4) is 5.82 Å². The molecule has 1 amide bonds. The summed E-state index contributed by atoms with van der Waals surface area (Å²) in [6.07, 6.45) is 5.08. The molecule has 0 radical (unpaired) electrons. The third-order valence-corrected chi connectivity index (χ3v) is 5.13. The quantitative estimate of drug-likeness (QED) is 0.561. The van der Waals surface area contributed by atoms with Gasteiger partial charge in [-0.2, -0.15) is 5.10 Å². The van der Waals surface area contributed by atoms with E-state index in [2.05, 4.69) is 25.4 Å². The molecule has 140 valence electrons. The van der Waals surface area contributed by atoms with Crippen LogP contribution < -0.4 is 5.32 Å². The second kappa shape index (κ2) is 7.65. The number of hydrogen-bond acceptors (Lipinski definition) is 6. The zero-order chi connectivity index (χ0) is 19.5. The van der Waals surface area contributed by atoms with Crippen LogP contribution in [0.4, 0.5) is 10.1 Å². The smallest absolute Gasteiger partial charge is 0.267 e. The Morgan fingerprint density at radius 1 is 1.21 bits per heavy atom. The molecule has 9 heteroatoms. The van der Waals surface area contributed by atoms with Gasteiger partial charge in [-0.3, -0.25) is 4.79 Å². The fourth-order valence-electron chi connectivity index (χ4n) is 2.63. The Bertz CT molecular complexity index is 1090. The molecule has 3 heterocycles. The van der Waals surface area contributed by atoms with E-state index in [4.69, 9.17) is 0 Å². The zero-order valence-electron chi connectivity index (χ0n) is 14.8. The Balaban J connectivity index is 1.46. The Morgan fingerprint density at radius 2 is 2.04 bits per heavy atom. The van der Waals surface area contributed by atoms with Crippen molar-refractivity contribution in [1.29, 1.82) is 0 Å². The minimum Gasteiger partial charge on any atom is -0.320 e. The van der Waals surface area contributed by atoms with Crippen LogP contribution in [0.1, 0.15) is 25.9 Å². The number of amides is 1. The van der Waals surface area contributed by atoms with Gasteiger partial charge in [0, 0.05) is 6.42 Å². The number of nitrogens with one attached hydrogen (secondary N) is 1. The normalized spacial score (nSPS) is 10.8. The van der Waals surface area contributed by atoms with Crippen LogP contribution in [0.3, 0.4) is 0 Å². The highest BCUT2D eigenvalue weighted by molar-refractivity contribution is 7.14. The molecule has 0 bridgehead atoms. The van der Waals surface area contributed by atoms with E-state index in [1.165, 1.54) is 34.5 Å². The highest BCUT2D eigenvalue weighted by atomic mass is 32.1. The zero-order valence-corrected chi connectivity index (χ0v) is 15.7. The van der Waals surface area contributed by atoms with Crippen molar-refractivity contribution < 1.29 is 9.18 Å². The van der Waals surface area contributed by atoms with Gasteiger partial charge in [-0.05, 0) is 36.8 Å². The first-order chi connectivity index (χ1) is 13.6. The van der Waals surface area contributed by atoms with E-state index >= 15 is 0 Å². The number of carbonyl (C=O) groups is 1. The molecule has 0 spiro atoms. The van der Waals surface area contributed by atoms with Crippen molar-refractivity contribution in [2.75, 3.05) is 5.32 Å². The molecule has 0 fully saturated rings. The maximum absolute atomic E-state index is 13.0. The number of aryl methyl sites for hydroxylation is 1. The lowest BCUT2D eigenvalue weighted by Gasteiger charge is -2.05. The summed E-state index contributed by atoms with van der Waals surface area (Å²) in [7, 11) is 0. The van der Waals surface area contributed by atoms with E-state index in [-0.39, 0.29) is 11.7 Å². The van der Waals surface area contributed by atoms with Crippen molar-refractivity contribution >= 4 is 22.9 Å². The van der Waals surface area contributed by atoms with Gasteiger partial charge in [-0.25, -0.2) is 24.0 Å². The van der Waals surface area contributed by atoms with Crippen molar-refractivity contribution in [3.05, 3.63) is 82.2 Å². The van der Waals surface area contributed by atoms with Gasteiger partial charge in [-0.1, -0.05) is 12.1 Å². The molecular weight excluding hydrogens is 379 g/mol. The van der Waals surface area contributed by atoms with Crippen molar-refractivity contribution in [2.24, 2.45) is 0 Å². The van der Waals surface area contributed by atoms with Gasteiger partial charge in [0.1, 0.15) is 23.3 Å². The molecule has 7 nitrogen and oxygen atoms in total. The average Bonchev–Trinajstić information content (AvgIpc) is 3.34. The Labute approximate surface area is 163 Å². The Hall–Kier alpha value is -3.46. The summed E-state index contributed by atoms with van der Waals surface area (Å²) < 4.78 is 14.6. The van der Waals surface area contributed by atoms with Crippen LogP contribution in [-0.4, -0.2) is 30.6 Å². The van der Waals surface area contributed by atoms with E-state index in [1.54, 1.807) is 43.7 Å². The van der Waals surface area contributed by atoms with Gasteiger partial charge < -0.3 is 5.32 Å². The molecular formula is C19H15FN6OS. The first-order valence-electron chi connectivity index (χ1n) is 8.41. The number of rotatable bonds is 5. The number of carbonyl (C=O) groups excluding carboxylic acids is 1. The van der Waals surface area contributed by atoms with Gasteiger partial charge in [0.2, 0.25) is 0 Å². The molecule has 0 aliphatic carbocycles. The van der Waals surface area contributed by atoms with Crippen molar-refractivity contribution in [3.63, 3.8) is 0 Å². The second-order valence-corrected chi connectivity index (χ2v) is 7.11. The summed E-state index contributed by atoms with van der Waals surface area (Å²) in [6, 6.07) is 9.75. The largest absolute Gasteiger partial charge is 0.320 e. The van der Waals surface area contributed by atoms with Gasteiger partial charge in [0.25, 0.3) is 5.91 Å². The summed E-state index contributed by atoms with van der Waals surface area (Å²) in [5.41, 5.74) is 2.17. The monoisotopic (exact) mass is 394 g/mol. The lowest BCUT2D eigenvalue weighted by Crippen LogP contribution is -2.12. The summed E-state index contributed by atoms with van der Waals surface area (Å²) >= 11 is 1.33. The molecule has 1 N–H and O–H groups in total. The maximum atomic E-state index is 13.0. The molecule has 4 rings (SSSR count). The van der Waals surface area contributed by atoms with Crippen LogP contribution in [-0.2, 0) is 6.42 Å². The Morgan fingerprint density at radius 3 is 2.71 bits per heavy atom. The van der Waals surface area contributed by atoms with Crippen LogP contribution in [0.15, 0.2) is 55.2 Å². The van der Waals surface area contributed by atoms with Gasteiger partial charge in [-0.15, -0.1) is 11.3 Å². The number of anilines is 1. The molecule has 1 aromatic carbocycles. The van der Waals surface area contributed by atoms with Crippen LogP contribution >= 0.6 is 11.3 Å². The Kier molecular flexibility index (Phi) is 4.90. The molecule has 3 aromatic heterocycles. The van der Waals surface area contributed by atoms with Crippen molar-refractivity contribution in [1.82, 2.24) is 24.7 Å². The number of pyridine rings is 1. The van der Waals surface area contributed by atoms with E-state index in [0.717, 1.165) is 10.6 Å². The van der Waals surface area contributed by atoms with Crippen LogP contribution in [0.2, 0.25) is 0 Å². The predicted molar refractivity (Wildman–Crippen MR) is 103 cm³/mol. The summed E-state index contributed by atoms with van der Waals surface area (Å²) in [6.45, 7) is 1.80. The molecule has 4 aromatic rings. The number of hydrogen-bond donors (Lipinski definition) is 1. The molecule has 0 unspecified atom stereocenters. The fourth-order valence-corrected chi connectivity index (χ4v) is 3.62. The maximum Gasteiger partial charge on any atom is 0.267 e. The van der Waals surface area contributed by atoms with Gasteiger partial charge in [0.15, 0.2) is 5.82 Å². The number of benzene rings is 1. The molecule has 0 saturated heterocycles. The number of nitrogens with zero attached hydrogens (tertiary/aromatic N) is 5. The third-order valence-electron chi connectivity index (χ3n) is 3.97. The molecule has 0 aliphatic rings. The van der Waals surface area contributed by atoms with E-state index in [0.29, 0.717) is 28.5 Å². The average molecular weight is 394 g/mol. The second-order valence-electron chi connectivity index (χ2n) is 6.02. The van der Waals surface area contributed by atoms with E-state index in [9.17, 15) is 9.18 Å². The standard InChI is InChI=1S/C19H15FN6OS/c1-12-18(28-17(24-12)8-13-2-4-14(20)5-3-13)19(27)25-15-6-7-16(22-9-15)26-11-21-10-23-26/h2-7,9-11H,8H2,1H3,(H,25,27). The minimum absolute atomic E-state index is 0.240. The lowest BCUT2D eigenvalue weighted by atomic mass is 10.1. The SMILES string of the molecule is Cc1nc(Cc2ccc(F)cc2)sc1C(=O)Nc1ccc(-n2cncn2)nc1. The fraction of sp³-hybridized carbons (Fsp3) is 0.105. The van der Waals surface area contributed by atoms with E-state index in [1.807, 2.05) is 0 Å². The first kappa shape index (κ1) is 17.9. The topological polar surface area (TPSA) is 85.6 Å². The molecule has 0 aliphatic heterocycles. The minimum atomic E-state index is -0.275. The number of thiazole rings is 1. The highest BCUT2D eigenvalue weighted by Crippen LogP contribution is 2.22. The van der Waals surface area contributed by atoms with Gasteiger partial charge in [0.05, 0.1) is 22.6 Å². The lowest BCUT2D eigenvalue weighted by molar-refractivity contribution is 0.102. The van der Waals surface area contributed by atoms with Crippen LogP contribution in [0, 0.1) is 12.7 Å². The third kappa shape index (κ3) is 3.94. The summed E-state index contributed by atoms with van der Waals surface area (Å²) in [4.78, 5) is 25.8. The van der Waals surface area contributed by atoms with E-state index < -0.39 is 0 Å². The van der Waals surface area contributed by atoms with Crippen molar-refractivity contribution in [2.45, 2.75) is 13.3 Å². The number of halogens is 1. The molecule has 0 atom stereocenters. The van der Waals surface area contributed by atoms with Crippen LogP contribution in [0.5, 0.6) is 0 Å². The molecule has 0 saturated carbocycles. The first-order valence-corrected chi connectivity index (χ1v) is 9.23. The predicted octanol–water partition coefficient (Wildman–Crippen LogP) is 3.41. The summed E-state index contributed by atoms with van der Waals surface area (Å²) in [5.74, 6) is 0.0873. The number of aromatic nitrogens is 5. The highest BCUT2D eigenvalue weighted by Gasteiger charge is 2.16. The summed E-state index contributed by atoms with van der Waals surface area (Å²) in [5, 5.41) is 7.64. The van der Waals surface area contributed by atoms with Gasteiger partial charge >= 0.3 is 0 Å². The van der Waals surface area contributed by atoms with Crippen LogP contribution in [0.25, 0.3) is 5.82 Å².